The molecule has 54 heavy (non-hydrogen) atoms. The maximum Gasteiger partial charge on any atom is 0.418 e. The van der Waals surface area contributed by atoms with E-state index in [1.54, 1.807) is 46.1 Å². The summed E-state index contributed by atoms with van der Waals surface area (Å²) in [5.74, 6) is 5.27. The minimum Gasteiger partial charge on any atom is -0.371 e. The number of imide groups is 1. The van der Waals surface area contributed by atoms with Crippen LogP contribution < -0.4 is 20.4 Å². The second-order valence-corrected chi connectivity index (χ2v) is 13.5. The van der Waals surface area contributed by atoms with Crippen LogP contribution in [0.25, 0.3) is 5.65 Å². The number of nitrogens with one attached hydrogen (secondary N) is 2. The van der Waals surface area contributed by atoms with Gasteiger partial charge in [0.2, 0.25) is 5.91 Å². The van der Waals surface area contributed by atoms with Crippen LogP contribution in [-0.2, 0) is 17.5 Å². The van der Waals surface area contributed by atoms with E-state index in [0.717, 1.165) is 17.2 Å². The first-order valence-electron chi connectivity index (χ1n) is 17.5. The van der Waals surface area contributed by atoms with Gasteiger partial charge < -0.3 is 10.2 Å². The topological polar surface area (TPSA) is 115 Å². The minimum atomic E-state index is -4.64. The highest BCUT2D eigenvalue weighted by molar-refractivity contribution is 6.06. The van der Waals surface area contributed by atoms with Crippen molar-refractivity contribution in [3.05, 3.63) is 119 Å². The number of urea groups is 1. The van der Waals surface area contributed by atoms with Crippen LogP contribution in [0.1, 0.15) is 57.6 Å². The molecule has 3 aromatic carbocycles. The molecule has 0 radical (unpaired) electrons. The molecule has 0 aliphatic carbocycles. The maximum atomic E-state index is 14.5. The Labute approximate surface area is 309 Å². The molecular weight excluding hydrogens is 697 g/mol. The van der Waals surface area contributed by atoms with Gasteiger partial charge in [-0.15, -0.1) is 0 Å². The van der Waals surface area contributed by atoms with Gasteiger partial charge in [-0.25, -0.2) is 14.3 Å². The number of nitrogens with zero attached hydrogens (tertiary/aromatic N) is 6. The first kappa shape index (κ1) is 36.2. The van der Waals surface area contributed by atoms with E-state index in [1.807, 2.05) is 44.3 Å². The summed E-state index contributed by atoms with van der Waals surface area (Å²) in [5.41, 5.74) is 3.95. The van der Waals surface area contributed by atoms with Crippen LogP contribution in [0.3, 0.4) is 0 Å². The van der Waals surface area contributed by atoms with Crippen molar-refractivity contribution < 1.29 is 27.6 Å². The number of fused-ring (bicyclic) bond motifs is 1. The van der Waals surface area contributed by atoms with E-state index in [2.05, 4.69) is 37.5 Å². The molecule has 0 bridgehead atoms. The summed E-state index contributed by atoms with van der Waals surface area (Å²) in [6.07, 6.45) is 0.179. The van der Waals surface area contributed by atoms with Gasteiger partial charge in [-0.1, -0.05) is 24.1 Å². The van der Waals surface area contributed by atoms with Gasteiger partial charge in [0.15, 0.2) is 5.65 Å². The summed E-state index contributed by atoms with van der Waals surface area (Å²) >= 11 is 0. The Hall–Kier alpha value is -6.20. The number of hydrogen-bond acceptors (Lipinski definition) is 7. The average Bonchev–Trinajstić information content (AvgIpc) is 3.57. The number of aromatic nitrogens is 3. The van der Waals surface area contributed by atoms with E-state index in [9.17, 15) is 27.6 Å². The molecule has 276 valence electrons. The monoisotopic (exact) mass is 734 g/mol. The minimum absolute atomic E-state index is 0.0381. The predicted molar refractivity (Wildman–Crippen MR) is 198 cm³/mol. The highest BCUT2D eigenvalue weighted by atomic mass is 19.4. The number of aryl methyl sites for hydroxylation is 1. The van der Waals surface area contributed by atoms with Crippen LogP contribution in [0.2, 0.25) is 0 Å². The zero-order valence-electron chi connectivity index (χ0n) is 29.7. The number of hydrogen-bond donors (Lipinski definition) is 2. The number of anilines is 3. The Balaban J connectivity index is 0.984. The molecule has 0 unspecified atom stereocenters. The lowest BCUT2D eigenvalue weighted by Gasteiger charge is -2.39. The number of carbonyl (C=O) groups is 3. The second kappa shape index (κ2) is 15.0. The van der Waals surface area contributed by atoms with Gasteiger partial charge in [-0.05, 0) is 98.5 Å². The van der Waals surface area contributed by atoms with E-state index in [-0.39, 0.29) is 35.3 Å². The Morgan fingerprint density at radius 3 is 2.52 bits per heavy atom. The zero-order valence-corrected chi connectivity index (χ0v) is 29.7. The third-order valence-electron chi connectivity index (χ3n) is 9.83. The van der Waals surface area contributed by atoms with E-state index >= 15 is 0 Å². The summed E-state index contributed by atoms with van der Waals surface area (Å²) in [4.78, 5) is 46.7. The number of amides is 4. The van der Waals surface area contributed by atoms with Crippen molar-refractivity contribution in [2.75, 3.05) is 41.8 Å². The number of carbonyl (C=O) groups excluding carboxylic acids is 3. The van der Waals surface area contributed by atoms with Gasteiger partial charge >= 0.3 is 12.2 Å². The first-order chi connectivity index (χ1) is 25.9. The van der Waals surface area contributed by atoms with Gasteiger partial charge in [0.1, 0.15) is 5.69 Å². The lowest BCUT2D eigenvalue weighted by atomic mass is 10.0. The number of piperidine rings is 1. The molecule has 7 rings (SSSR count). The molecule has 2 N–H and O–H groups in total. The Morgan fingerprint density at radius 1 is 1.00 bits per heavy atom. The molecule has 2 aromatic heterocycles. The van der Waals surface area contributed by atoms with E-state index in [1.165, 1.54) is 17.0 Å². The summed E-state index contributed by atoms with van der Waals surface area (Å²) in [6, 6.07) is 19.8. The van der Waals surface area contributed by atoms with Gasteiger partial charge in [-0.3, -0.25) is 24.7 Å². The molecule has 0 atom stereocenters. The average molecular weight is 735 g/mol. The standard InChI is InChI=1S/C40H37F3N8O3/c1-26-5-8-29(22-28(26)9-13-33-24-44-36-4-3-18-45-51(33)36)38(53)46-30-10-14-35(34(23-30)40(41,42)43)49-19-15-31(16-20-49)48(2)25-27-6-11-32(12-7-27)50-21-17-37(52)47-39(50)54/h3-8,10-12,14,18,22-24,31H,15-17,19-21,25H2,1-2H3,(H,46,53)(H,47,52,54). The number of alkyl halides is 3. The van der Waals surface area contributed by atoms with Crippen molar-refractivity contribution in [2.45, 2.75) is 44.9 Å². The molecule has 14 heteroatoms. The van der Waals surface area contributed by atoms with Crippen molar-refractivity contribution >= 4 is 40.6 Å². The molecule has 5 aromatic rings. The smallest absolute Gasteiger partial charge is 0.371 e. The molecule has 4 amide bonds. The van der Waals surface area contributed by atoms with Crippen molar-refractivity contribution in [2.24, 2.45) is 0 Å². The quantitative estimate of drug-likeness (QED) is 0.190. The van der Waals surface area contributed by atoms with E-state index in [0.29, 0.717) is 61.6 Å². The third-order valence-corrected chi connectivity index (χ3v) is 9.83. The fourth-order valence-electron chi connectivity index (χ4n) is 6.82. The van der Waals surface area contributed by atoms with E-state index < -0.39 is 23.7 Å². The molecule has 2 fully saturated rings. The lowest BCUT2D eigenvalue weighted by Crippen LogP contribution is -2.49. The Bertz CT molecular complexity index is 2290. The summed E-state index contributed by atoms with van der Waals surface area (Å²) < 4.78 is 45.0. The summed E-state index contributed by atoms with van der Waals surface area (Å²) in [5, 5.41) is 9.22. The Kier molecular flexibility index (Phi) is 10.1. The number of rotatable bonds is 7. The Morgan fingerprint density at radius 2 is 1.78 bits per heavy atom. The van der Waals surface area contributed by atoms with Crippen LogP contribution >= 0.6 is 0 Å². The third kappa shape index (κ3) is 7.91. The first-order valence-corrected chi connectivity index (χ1v) is 17.5. The molecule has 2 aliphatic heterocycles. The molecule has 11 nitrogen and oxygen atoms in total. The second-order valence-electron chi connectivity index (χ2n) is 13.5. The lowest BCUT2D eigenvalue weighted by molar-refractivity contribution is -0.137. The van der Waals surface area contributed by atoms with Crippen LogP contribution in [0.5, 0.6) is 0 Å². The molecule has 2 aliphatic rings. The van der Waals surface area contributed by atoms with Gasteiger partial charge in [0.25, 0.3) is 5.91 Å². The van der Waals surface area contributed by atoms with Crippen molar-refractivity contribution in [1.82, 2.24) is 24.8 Å². The normalized spacial score (nSPS) is 15.3. The van der Waals surface area contributed by atoms with Crippen molar-refractivity contribution in [3.8, 4) is 11.8 Å². The van der Waals surface area contributed by atoms with Crippen LogP contribution in [0.4, 0.5) is 35.0 Å². The van der Waals surface area contributed by atoms with Crippen LogP contribution in [0.15, 0.2) is 85.2 Å². The van der Waals surface area contributed by atoms with Gasteiger partial charge in [0, 0.05) is 73.0 Å². The molecule has 0 spiro atoms. The zero-order chi connectivity index (χ0) is 38.0. The summed E-state index contributed by atoms with van der Waals surface area (Å²) in [6.45, 7) is 3.68. The van der Waals surface area contributed by atoms with Crippen LogP contribution in [0, 0.1) is 18.8 Å². The maximum absolute atomic E-state index is 14.5. The number of benzene rings is 3. The number of halogens is 3. The molecule has 0 saturated carbocycles. The fourth-order valence-corrected chi connectivity index (χ4v) is 6.82. The highest BCUT2D eigenvalue weighted by Crippen LogP contribution is 2.39. The van der Waals surface area contributed by atoms with Gasteiger partial charge in [-0.2, -0.15) is 18.3 Å². The molecule has 2 saturated heterocycles. The summed E-state index contributed by atoms with van der Waals surface area (Å²) in [7, 11) is 2.00. The largest absolute Gasteiger partial charge is 0.418 e. The van der Waals surface area contributed by atoms with Gasteiger partial charge in [0.05, 0.1) is 11.8 Å². The van der Waals surface area contributed by atoms with Crippen molar-refractivity contribution in [1.29, 1.82) is 0 Å². The van der Waals surface area contributed by atoms with E-state index in [4.69, 9.17) is 0 Å². The molecule has 4 heterocycles. The predicted octanol–water partition coefficient (Wildman–Crippen LogP) is 6.26. The molecular formula is C40H37F3N8O3. The number of imidazole rings is 1. The fraction of sp³-hybridized carbons (Fsp3) is 0.275. The van der Waals surface area contributed by atoms with Crippen LogP contribution in [-0.4, -0.2) is 70.1 Å². The highest BCUT2D eigenvalue weighted by Gasteiger charge is 2.36. The SMILES string of the molecule is Cc1ccc(C(=O)Nc2ccc(N3CCC(N(C)Cc4ccc(N5CCC(=O)NC5=O)cc4)CC3)c(C(F)(F)F)c2)cc1C#Cc1cnc2cccnn12. The van der Waals surface area contributed by atoms with Crippen molar-refractivity contribution in [3.63, 3.8) is 0 Å².